The molecule has 7 aromatic rings. The number of aromatic hydroxyl groups is 1. The molecule has 6 aromatic carbocycles. The number of phenols is 1. The summed E-state index contributed by atoms with van der Waals surface area (Å²) in [4.78, 5) is 19.9. The third-order valence-electron chi connectivity index (χ3n) is 10.6. The second-order valence-corrected chi connectivity index (χ2v) is 23.3. The van der Waals surface area contributed by atoms with E-state index in [1.54, 1.807) is 0 Å². The van der Waals surface area contributed by atoms with Crippen LogP contribution in [0.5, 0.6) is 17.2 Å². The van der Waals surface area contributed by atoms with Crippen molar-refractivity contribution in [1.82, 2.24) is 15.0 Å². The van der Waals surface area contributed by atoms with Crippen LogP contribution in [-0.4, -0.2) is 114 Å². The summed E-state index contributed by atoms with van der Waals surface area (Å²) >= 11 is 6.34. The van der Waals surface area contributed by atoms with Crippen LogP contribution in [0.15, 0.2) is 130 Å². The molecule has 1 heterocycles. The number of ether oxygens (including phenoxy) is 2. The number of phenolic OH excluding ortho intramolecular Hbond substituents is 1. The Balaban J connectivity index is 1.19. The van der Waals surface area contributed by atoms with E-state index in [9.17, 15) is 61.5 Å². The van der Waals surface area contributed by atoms with Crippen molar-refractivity contribution in [3.63, 3.8) is 0 Å². The van der Waals surface area contributed by atoms with Gasteiger partial charge in [-0.1, -0.05) is 12.1 Å². The van der Waals surface area contributed by atoms with Gasteiger partial charge in [0, 0.05) is 46.7 Å². The van der Waals surface area contributed by atoms with E-state index in [1.165, 1.54) is 60.5 Å². The Morgan fingerprint density at radius 1 is 0.688 bits per heavy atom. The van der Waals surface area contributed by atoms with Crippen LogP contribution in [0.4, 0.5) is 51.7 Å². The summed E-state index contributed by atoms with van der Waals surface area (Å²) in [7, 11) is -20.8. The van der Waals surface area contributed by atoms with Crippen LogP contribution < -0.4 is 25.6 Å². The number of nitrogens with zero attached hydrogens (tertiary/aromatic N) is 9. The van der Waals surface area contributed by atoms with Crippen molar-refractivity contribution in [3.8, 4) is 17.2 Å². The Labute approximate surface area is 442 Å². The molecule has 0 fully saturated rings. The number of benzene rings is 6. The fourth-order valence-electron chi connectivity index (χ4n) is 7.10. The second kappa shape index (κ2) is 21.9. The number of methoxy groups -OCH3 is 2. The Hall–Kier alpha value is -7.36. The van der Waals surface area contributed by atoms with Crippen molar-refractivity contribution in [2.45, 2.75) is 31.9 Å². The van der Waals surface area contributed by atoms with E-state index in [2.05, 4.69) is 54.7 Å². The number of hydrogen-bond donors (Lipinski definition) is 9. The van der Waals surface area contributed by atoms with E-state index in [1.807, 2.05) is 0 Å². The smallest absolute Gasteiger partial charge is 0.398 e. The molecule has 1 atom stereocenters. The lowest BCUT2D eigenvalue weighted by atomic mass is 10.1. The molecule has 7 rings (SSSR count). The summed E-state index contributed by atoms with van der Waals surface area (Å²) in [5.41, 5.74) is -2.77. The fraction of sp³-hybridized carbons (Fsp3) is 0.122. The summed E-state index contributed by atoms with van der Waals surface area (Å²) in [6, 6.07) is 16.9. The van der Waals surface area contributed by atoms with E-state index >= 15 is 0 Å². The zero-order chi connectivity index (χ0) is 56.6. The van der Waals surface area contributed by atoms with E-state index in [0.29, 0.717) is 5.69 Å². The highest BCUT2D eigenvalue weighted by molar-refractivity contribution is 8.19. The lowest BCUT2D eigenvalue weighted by Gasteiger charge is -2.23. The molecule has 0 aliphatic heterocycles. The Bertz CT molecular complexity index is 4080. The molecule has 10 N–H and O–H groups in total. The molecule has 36 heteroatoms. The number of halogens is 1. The van der Waals surface area contributed by atoms with Gasteiger partial charge in [0.05, 0.1) is 30.5 Å². The number of sulfone groups is 1. The molecule has 0 spiro atoms. The normalized spacial score (nSPS) is 13.5. The predicted octanol–water partition coefficient (Wildman–Crippen LogP) is 8.46. The number of nitrogens with one attached hydrogen (secondary N) is 1. The first kappa shape index (κ1) is 57.3. The van der Waals surface area contributed by atoms with Crippen LogP contribution in [0.25, 0.3) is 21.5 Å². The molecule has 408 valence electrons. The maximum Gasteiger partial charge on any atom is 0.398 e. The van der Waals surface area contributed by atoms with Gasteiger partial charge in [-0.15, -0.1) is 15.3 Å². The first-order chi connectivity index (χ1) is 35.9. The van der Waals surface area contributed by atoms with Gasteiger partial charge in [-0.3, -0.25) is 13.7 Å². The zero-order valence-corrected chi connectivity index (χ0v) is 44.1. The van der Waals surface area contributed by atoms with E-state index in [4.69, 9.17) is 31.5 Å². The average molecular weight is 1180 g/mol. The molecule has 1 unspecified atom stereocenters. The maximum atomic E-state index is 13.2. The summed E-state index contributed by atoms with van der Waals surface area (Å²) in [6.45, 7) is 0.832. The molecule has 30 nitrogen and oxygen atoms in total. The van der Waals surface area contributed by atoms with Gasteiger partial charge >= 0.3 is 10.4 Å². The van der Waals surface area contributed by atoms with Crippen LogP contribution in [0, 0.1) is 0 Å². The fourth-order valence-corrected chi connectivity index (χ4v) is 11.5. The molecule has 77 heavy (non-hydrogen) atoms. The van der Waals surface area contributed by atoms with Gasteiger partial charge in [0.15, 0.2) is 11.2 Å². The zero-order valence-electron chi connectivity index (χ0n) is 39.3. The largest absolute Gasteiger partial charge is 0.505 e. The standard InChI is InChI=1S/C41H38ClN11O19S5/c1-20(72-77(66,67)68)73(55,56)35-18-31(69-3)30(17-32(35)70-4)51-52-37-36(76(63,64)65)13-21-12-24(9-10-25(21)38(37)54)53(2)41-47-39(42)46-40(48-41)45-22-8-11-28(29(15-22)44-19-71-43)50-49-23-14-27-26(34(16-23)75(60,61)62)6-5-7-33(27)74(57,58)59/h5-20,54,63-65H,43H2,1-4H3,(H,57,58,59)(H,60,61,62)(H,66,67,68)(H,45,46,47,48). The van der Waals surface area contributed by atoms with E-state index in [0.717, 1.165) is 63.9 Å². The summed E-state index contributed by atoms with van der Waals surface area (Å²) in [5, 5.41) is 29.8. The number of fused-ring (bicyclic) bond motifs is 2. The highest BCUT2D eigenvalue weighted by Gasteiger charge is 2.33. The number of anilines is 4. The summed E-state index contributed by atoms with van der Waals surface area (Å²) in [5.74, 6) is 3.49. The third-order valence-corrected chi connectivity index (χ3v) is 16.0. The van der Waals surface area contributed by atoms with Crippen molar-refractivity contribution in [2.75, 3.05) is 31.5 Å². The van der Waals surface area contributed by atoms with Gasteiger partial charge in [-0.25, -0.2) is 17.6 Å². The third kappa shape index (κ3) is 12.9. The Morgan fingerprint density at radius 3 is 2.01 bits per heavy atom. The minimum Gasteiger partial charge on any atom is -0.505 e. The van der Waals surface area contributed by atoms with Gasteiger partial charge in [0.2, 0.25) is 33.4 Å². The first-order valence-electron chi connectivity index (χ1n) is 20.7. The summed E-state index contributed by atoms with van der Waals surface area (Å²) in [6.07, 6.45) is 0.837. The number of aromatic nitrogens is 3. The molecule has 0 aliphatic carbocycles. The highest BCUT2D eigenvalue weighted by atomic mass is 35.5. The Kier molecular flexibility index (Phi) is 16.3. The first-order valence-corrected chi connectivity index (χ1v) is 28.4. The van der Waals surface area contributed by atoms with Crippen LogP contribution >= 0.6 is 22.5 Å². The van der Waals surface area contributed by atoms with Gasteiger partial charge in [0.25, 0.3) is 20.2 Å². The number of azo groups is 2. The van der Waals surface area contributed by atoms with Crippen molar-refractivity contribution in [1.29, 1.82) is 0 Å². The molecule has 0 radical (unpaired) electrons. The molecular weight excluding hydrogens is 1150 g/mol. The predicted molar refractivity (Wildman–Crippen MR) is 276 cm³/mol. The lowest BCUT2D eigenvalue weighted by molar-refractivity contribution is 0.251. The minimum absolute atomic E-state index is 0.00407. The van der Waals surface area contributed by atoms with Gasteiger partial charge in [0.1, 0.15) is 54.1 Å². The van der Waals surface area contributed by atoms with Gasteiger partial charge in [-0.05, 0) is 84.6 Å². The van der Waals surface area contributed by atoms with Gasteiger partial charge in [-0.2, -0.15) is 51.2 Å². The highest BCUT2D eigenvalue weighted by Crippen LogP contribution is 2.55. The number of aliphatic imine (C=N–C) groups is 1. The molecular formula is C41H38ClN11O19S5. The SMILES string of the molecule is COc1cc(S(=O)(=O)C(C)OS(=O)(=O)O)c(OC)cc1N=Nc1c(S(O)(O)O)cc2cc(N(C)c3nc(Cl)nc(Nc4ccc(N=Nc5cc(S(=O)(=O)O)c6cccc(S(=O)(=O)O)c6c5)c(N=CON)c4)n3)ccc2c1O. The molecule has 0 amide bonds. The quantitative estimate of drug-likeness (QED) is 0.0120. The Morgan fingerprint density at radius 2 is 1.38 bits per heavy atom. The van der Waals surface area contributed by atoms with E-state index in [-0.39, 0.29) is 72.9 Å². The van der Waals surface area contributed by atoms with Crippen LogP contribution in [0.3, 0.4) is 0 Å². The topological polar surface area (TPSA) is 457 Å². The lowest BCUT2D eigenvalue weighted by Crippen LogP contribution is -2.25. The molecule has 0 saturated heterocycles. The van der Waals surface area contributed by atoms with Crippen molar-refractivity contribution < 1.29 is 84.6 Å². The number of rotatable bonds is 19. The molecule has 1 aromatic heterocycles. The van der Waals surface area contributed by atoms with Crippen molar-refractivity contribution in [2.24, 2.45) is 31.3 Å². The van der Waals surface area contributed by atoms with Crippen LogP contribution in [-0.2, 0) is 49.5 Å². The summed E-state index contributed by atoms with van der Waals surface area (Å²) < 4.78 is 173. The second-order valence-electron chi connectivity index (χ2n) is 15.4. The average Bonchev–Trinajstić information content (AvgIpc) is 3.39. The maximum absolute atomic E-state index is 13.2. The molecule has 0 aliphatic rings. The van der Waals surface area contributed by atoms with Crippen LogP contribution in [0.1, 0.15) is 6.92 Å². The minimum atomic E-state index is -5.21. The molecule has 0 saturated carbocycles. The number of nitrogens with two attached hydrogens (primary N) is 1. The monoisotopic (exact) mass is 1180 g/mol. The van der Waals surface area contributed by atoms with Crippen LogP contribution in [0.2, 0.25) is 5.28 Å². The number of hydrogen-bond acceptors (Lipinski definition) is 27. The van der Waals surface area contributed by atoms with Gasteiger partial charge < -0.3 is 43.3 Å². The van der Waals surface area contributed by atoms with Crippen molar-refractivity contribution in [3.05, 3.63) is 90.2 Å². The van der Waals surface area contributed by atoms with Crippen molar-refractivity contribution >= 4 is 143 Å². The van der Waals surface area contributed by atoms with E-state index < -0.39 is 93.5 Å². The molecule has 0 bridgehead atoms.